The van der Waals surface area contributed by atoms with E-state index in [1.165, 1.54) is 11.3 Å². The number of halogens is 1. The van der Waals surface area contributed by atoms with E-state index in [9.17, 15) is 5.11 Å². The molecule has 1 aliphatic rings. The summed E-state index contributed by atoms with van der Waals surface area (Å²) in [6.45, 7) is 0. The summed E-state index contributed by atoms with van der Waals surface area (Å²) in [6.07, 6.45) is 1.95. The summed E-state index contributed by atoms with van der Waals surface area (Å²) in [7, 11) is 0. The maximum Gasteiger partial charge on any atom is 0.107 e. The third-order valence-electron chi connectivity index (χ3n) is 2.86. The molecule has 2 nitrogen and oxygen atoms in total. The number of aliphatic hydroxyl groups is 1. The van der Waals surface area contributed by atoms with E-state index in [-0.39, 0.29) is 0 Å². The highest BCUT2D eigenvalue weighted by Crippen LogP contribution is 2.51. The van der Waals surface area contributed by atoms with E-state index in [1.54, 1.807) is 12.1 Å². The Morgan fingerprint density at radius 3 is 2.64 bits per heavy atom. The summed E-state index contributed by atoms with van der Waals surface area (Å²) in [5, 5.41) is 19.1. The van der Waals surface area contributed by atoms with Gasteiger partial charge in [0.15, 0.2) is 0 Å². The predicted molar refractivity (Wildman–Crippen MR) is 56.2 cm³/mol. The van der Waals surface area contributed by atoms with Gasteiger partial charge in [-0.3, -0.25) is 0 Å². The van der Waals surface area contributed by atoms with E-state index >= 15 is 0 Å². The lowest BCUT2D eigenvalue weighted by Crippen LogP contribution is -2.34. The molecule has 0 aliphatic heterocycles. The van der Waals surface area contributed by atoms with Crippen LogP contribution in [0.3, 0.4) is 0 Å². The van der Waals surface area contributed by atoms with Crippen LogP contribution in [0.4, 0.5) is 0 Å². The number of aliphatic hydroxyl groups excluding tert-OH is 1. The topological polar surface area (TPSA) is 44.0 Å². The standard InChI is InChI=1S/C10H10ClNOS/c11-8-3-2-7(14-8)9(13)10(6-12)4-1-5-10/h2-3,9,13H,1,4-5H2. The number of nitriles is 1. The van der Waals surface area contributed by atoms with Gasteiger partial charge in [-0.2, -0.15) is 5.26 Å². The maximum atomic E-state index is 10.0. The van der Waals surface area contributed by atoms with Gasteiger partial charge in [0.1, 0.15) is 6.10 Å². The molecule has 1 fully saturated rings. The Labute approximate surface area is 91.7 Å². The van der Waals surface area contributed by atoms with Crippen LogP contribution in [0.15, 0.2) is 12.1 Å². The third-order valence-corrected chi connectivity index (χ3v) is 4.14. The van der Waals surface area contributed by atoms with E-state index in [1.807, 2.05) is 0 Å². The molecule has 1 N–H and O–H groups in total. The average Bonchev–Trinajstić information content (AvgIpc) is 2.50. The Balaban J connectivity index is 2.23. The van der Waals surface area contributed by atoms with Gasteiger partial charge >= 0.3 is 0 Å². The molecule has 0 aromatic carbocycles. The van der Waals surface area contributed by atoms with E-state index in [0.29, 0.717) is 4.34 Å². The molecule has 74 valence electrons. The Kier molecular flexibility index (Phi) is 2.52. The third kappa shape index (κ3) is 1.44. The van der Waals surface area contributed by atoms with Crippen molar-refractivity contribution in [1.29, 1.82) is 5.26 Å². The molecule has 2 rings (SSSR count). The first-order valence-electron chi connectivity index (χ1n) is 4.52. The fourth-order valence-electron chi connectivity index (χ4n) is 1.75. The van der Waals surface area contributed by atoms with Crippen LogP contribution in [0.1, 0.15) is 30.2 Å². The molecule has 1 aliphatic carbocycles. The lowest BCUT2D eigenvalue weighted by atomic mass is 9.66. The fraction of sp³-hybridized carbons (Fsp3) is 0.500. The van der Waals surface area contributed by atoms with Crippen LogP contribution < -0.4 is 0 Å². The SMILES string of the molecule is N#CC1(C(O)c2ccc(Cl)s2)CCC1. The Bertz CT molecular complexity index is 378. The minimum atomic E-state index is -0.668. The predicted octanol–water partition coefficient (Wildman–Crippen LogP) is 3.13. The van der Waals surface area contributed by atoms with Gasteiger partial charge in [0.05, 0.1) is 15.8 Å². The van der Waals surface area contributed by atoms with Gasteiger partial charge in [-0.1, -0.05) is 18.0 Å². The molecule has 1 atom stereocenters. The van der Waals surface area contributed by atoms with Gasteiger partial charge in [0, 0.05) is 4.88 Å². The van der Waals surface area contributed by atoms with Crippen molar-refractivity contribution >= 4 is 22.9 Å². The van der Waals surface area contributed by atoms with Gasteiger partial charge in [-0.15, -0.1) is 11.3 Å². The van der Waals surface area contributed by atoms with Crippen molar-refractivity contribution in [2.75, 3.05) is 0 Å². The first kappa shape index (κ1) is 9.97. The lowest BCUT2D eigenvalue weighted by Gasteiger charge is -2.38. The molecule has 0 saturated heterocycles. The van der Waals surface area contributed by atoms with E-state index < -0.39 is 11.5 Å². The van der Waals surface area contributed by atoms with Crippen molar-refractivity contribution in [1.82, 2.24) is 0 Å². The first-order chi connectivity index (χ1) is 6.68. The average molecular weight is 228 g/mol. The smallest absolute Gasteiger partial charge is 0.107 e. The molecule has 1 heterocycles. The van der Waals surface area contributed by atoms with Crippen LogP contribution >= 0.6 is 22.9 Å². The van der Waals surface area contributed by atoms with E-state index in [2.05, 4.69) is 6.07 Å². The molecular formula is C10H10ClNOS. The second kappa shape index (κ2) is 3.54. The van der Waals surface area contributed by atoms with Crippen molar-refractivity contribution in [2.24, 2.45) is 5.41 Å². The highest BCUT2D eigenvalue weighted by molar-refractivity contribution is 7.16. The lowest BCUT2D eigenvalue weighted by molar-refractivity contribution is 0.0104. The normalized spacial score (nSPS) is 20.9. The van der Waals surface area contributed by atoms with Crippen LogP contribution in [0.5, 0.6) is 0 Å². The van der Waals surface area contributed by atoms with Crippen LogP contribution in [0, 0.1) is 16.7 Å². The Morgan fingerprint density at radius 1 is 1.57 bits per heavy atom. The van der Waals surface area contributed by atoms with Crippen molar-refractivity contribution in [2.45, 2.75) is 25.4 Å². The van der Waals surface area contributed by atoms with Crippen molar-refractivity contribution in [3.05, 3.63) is 21.3 Å². The summed E-state index contributed by atoms with van der Waals surface area (Å²) < 4.78 is 0.659. The number of hydrogen-bond acceptors (Lipinski definition) is 3. The van der Waals surface area contributed by atoms with Crippen molar-refractivity contribution in [3.8, 4) is 6.07 Å². The van der Waals surface area contributed by atoms with Gasteiger partial charge in [0.25, 0.3) is 0 Å². The molecule has 0 bridgehead atoms. The summed E-state index contributed by atoms with van der Waals surface area (Å²) in [5.74, 6) is 0. The molecule has 4 heteroatoms. The van der Waals surface area contributed by atoms with Gasteiger partial charge in [-0.25, -0.2) is 0 Å². The zero-order chi connectivity index (χ0) is 10.2. The minimum Gasteiger partial charge on any atom is -0.386 e. The summed E-state index contributed by atoms with van der Waals surface area (Å²) in [6, 6.07) is 5.80. The highest BCUT2D eigenvalue weighted by Gasteiger charge is 2.45. The summed E-state index contributed by atoms with van der Waals surface area (Å²) in [4.78, 5) is 0.802. The molecule has 14 heavy (non-hydrogen) atoms. The highest BCUT2D eigenvalue weighted by atomic mass is 35.5. The van der Waals surface area contributed by atoms with Crippen molar-refractivity contribution < 1.29 is 5.11 Å². The monoisotopic (exact) mass is 227 g/mol. The number of hydrogen-bond donors (Lipinski definition) is 1. The van der Waals surface area contributed by atoms with E-state index in [0.717, 1.165) is 24.1 Å². The molecule has 0 radical (unpaired) electrons. The summed E-state index contributed by atoms with van der Waals surface area (Å²) in [5.41, 5.74) is -0.547. The van der Waals surface area contributed by atoms with Crippen molar-refractivity contribution in [3.63, 3.8) is 0 Å². The van der Waals surface area contributed by atoms with Gasteiger partial charge in [0.2, 0.25) is 0 Å². The molecule has 0 spiro atoms. The maximum absolute atomic E-state index is 10.0. The number of rotatable bonds is 2. The first-order valence-corrected chi connectivity index (χ1v) is 5.72. The van der Waals surface area contributed by atoms with E-state index in [4.69, 9.17) is 16.9 Å². The molecular weight excluding hydrogens is 218 g/mol. The number of thiophene rings is 1. The molecule has 1 unspecified atom stereocenters. The second-order valence-electron chi connectivity index (χ2n) is 3.67. The second-order valence-corrected chi connectivity index (χ2v) is 5.41. The van der Waals surface area contributed by atoms with Crippen LogP contribution in [0.2, 0.25) is 4.34 Å². The molecule has 1 aromatic rings. The molecule has 0 amide bonds. The minimum absolute atomic E-state index is 0.547. The Hall–Kier alpha value is -0.560. The zero-order valence-corrected chi connectivity index (χ0v) is 9.11. The van der Waals surface area contributed by atoms with Gasteiger partial charge in [-0.05, 0) is 25.0 Å². The van der Waals surface area contributed by atoms with Crippen LogP contribution in [-0.4, -0.2) is 5.11 Å². The molecule has 1 aromatic heterocycles. The quantitative estimate of drug-likeness (QED) is 0.844. The fourth-order valence-corrected chi connectivity index (χ4v) is 2.92. The molecule has 1 saturated carbocycles. The van der Waals surface area contributed by atoms with Gasteiger partial charge < -0.3 is 5.11 Å². The Morgan fingerprint density at radius 2 is 2.29 bits per heavy atom. The number of nitrogens with zero attached hydrogens (tertiary/aromatic N) is 1. The largest absolute Gasteiger partial charge is 0.386 e. The zero-order valence-electron chi connectivity index (χ0n) is 7.53. The van der Waals surface area contributed by atoms with Crippen LogP contribution in [-0.2, 0) is 0 Å². The van der Waals surface area contributed by atoms with Crippen LogP contribution in [0.25, 0.3) is 0 Å². The summed E-state index contributed by atoms with van der Waals surface area (Å²) >= 11 is 7.14.